The highest BCUT2D eigenvalue weighted by Crippen LogP contribution is 2.25. The van der Waals surface area contributed by atoms with Crippen molar-refractivity contribution in [3.05, 3.63) is 29.8 Å². The number of nitrogens with one attached hydrogen (secondary N) is 1. The zero-order valence-electron chi connectivity index (χ0n) is 12.7. The van der Waals surface area contributed by atoms with E-state index in [-0.39, 0.29) is 12.7 Å². The summed E-state index contributed by atoms with van der Waals surface area (Å²) < 4.78 is 19.4. The Hall–Kier alpha value is -0.913. The molecule has 1 saturated heterocycles. The Morgan fingerprint density at radius 2 is 1.80 bits per heavy atom. The second-order valence-electron chi connectivity index (χ2n) is 6.24. The van der Waals surface area contributed by atoms with Gasteiger partial charge in [0, 0.05) is 26.2 Å². The molecule has 1 fully saturated rings. The van der Waals surface area contributed by atoms with Crippen molar-refractivity contribution in [3.8, 4) is 5.75 Å². The lowest BCUT2D eigenvalue weighted by Crippen LogP contribution is -2.45. The Bertz CT molecular complexity index is 413. The molecule has 0 spiro atoms. The maximum Gasteiger partial charge on any atom is 0.242 e. The summed E-state index contributed by atoms with van der Waals surface area (Å²) >= 11 is 0. The van der Waals surface area contributed by atoms with Crippen LogP contribution in [-0.4, -0.2) is 46.1 Å². The average Bonchev–Trinajstić information content (AvgIpc) is 2.41. The maximum absolute atomic E-state index is 13.4. The van der Waals surface area contributed by atoms with Crippen LogP contribution < -0.4 is 9.74 Å². The van der Waals surface area contributed by atoms with Crippen LogP contribution in [0.25, 0.3) is 0 Å². The van der Waals surface area contributed by atoms with Crippen molar-refractivity contribution in [2.75, 3.05) is 32.9 Å². The van der Waals surface area contributed by atoms with E-state index in [1.807, 2.05) is 24.3 Å². The molecule has 0 radical (unpaired) electrons. The van der Waals surface area contributed by atoms with Crippen molar-refractivity contribution in [3.63, 3.8) is 0 Å². The number of alkyl halides is 1. The molecule has 0 unspecified atom stereocenters. The van der Waals surface area contributed by atoms with Gasteiger partial charge in [-0.25, -0.2) is 4.39 Å². The molecule has 20 heavy (non-hydrogen) atoms. The fourth-order valence-electron chi connectivity index (χ4n) is 2.50. The molecule has 1 aliphatic heterocycles. The number of nitrogens with zero attached hydrogens (tertiary/aromatic N) is 1. The molecule has 1 aromatic rings. The second-order valence-corrected chi connectivity index (χ2v) is 10.7. The van der Waals surface area contributed by atoms with E-state index >= 15 is 0 Å². The molecule has 1 aromatic carbocycles. The van der Waals surface area contributed by atoms with Crippen molar-refractivity contribution in [1.82, 2.24) is 10.2 Å². The van der Waals surface area contributed by atoms with Crippen LogP contribution in [0.2, 0.25) is 19.6 Å². The molecule has 0 amide bonds. The highest BCUT2D eigenvalue weighted by atomic mass is 28.4. The van der Waals surface area contributed by atoms with Crippen molar-refractivity contribution in [2.24, 2.45) is 0 Å². The minimum absolute atomic E-state index is 0.127. The number of benzene rings is 1. The third-order valence-corrected chi connectivity index (χ3v) is 4.28. The average molecular weight is 296 g/mol. The molecule has 112 valence electrons. The first-order chi connectivity index (χ1) is 9.49. The van der Waals surface area contributed by atoms with Crippen LogP contribution in [0.5, 0.6) is 5.75 Å². The lowest BCUT2D eigenvalue weighted by molar-refractivity contribution is 0.147. The van der Waals surface area contributed by atoms with Crippen LogP contribution in [0.1, 0.15) is 11.6 Å². The molecule has 1 aliphatic rings. The van der Waals surface area contributed by atoms with Crippen LogP contribution in [0.3, 0.4) is 0 Å². The minimum atomic E-state index is -1.58. The summed E-state index contributed by atoms with van der Waals surface area (Å²) in [4.78, 5) is 2.21. The van der Waals surface area contributed by atoms with Crippen LogP contribution >= 0.6 is 0 Å². The van der Waals surface area contributed by atoms with E-state index in [0.717, 1.165) is 37.5 Å². The van der Waals surface area contributed by atoms with Gasteiger partial charge in [0.2, 0.25) is 8.32 Å². The quantitative estimate of drug-likeness (QED) is 0.846. The van der Waals surface area contributed by atoms with Gasteiger partial charge in [0.15, 0.2) is 0 Å². The summed E-state index contributed by atoms with van der Waals surface area (Å²) in [5.74, 6) is 0.894. The van der Waals surface area contributed by atoms with E-state index < -0.39 is 8.32 Å². The normalized spacial score (nSPS) is 18.8. The maximum atomic E-state index is 13.4. The molecule has 5 heteroatoms. The Labute approximate surface area is 122 Å². The first-order valence-corrected chi connectivity index (χ1v) is 10.7. The lowest BCUT2D eigenvalue weighted by Gasteiger charge is -2.33. The third kappa shape index (κ3) is 4.29. The zero-order valence-corrected chi connectivity index (χ0v) is 13.7. The summed E-state index contributed by atoms with van der Waals surface area (Å²) in [7, 11) is -1.58. The van der Waals surface area contributed by atoms with Gasteiger partial charge in [0.05, 0.1) is 6.04 Å². The van der Waals surface area contributed by atoms with Gasteiger partial charge in [-0.3, -0.25) is 4.90 Å². The zero-order chi connectivity index (χ0) is 14.6. The van der Waals surface area contributed by atoms with Gasteiger partial charge in [-0.05, 0) is 37.3 Å². The Morgan fingerprint density at radius 3 is 2.30 bits per heavy atom. The SMILES string of the molecule is C[Si](C)(C)Oc1ccc([C@H](CF)N2CCNCC2)cc1. The molecule has 1 N–H and O–H groups in total. The molecule has 0 aromatic heterocycles. The number of hydrogen-bond donors (Lipinski definition) is 1. The standard InChI is InChI=1S/C15H25FN2OSi/c1-20(2,3)19-14-6-4-13(5-7-14)15(12-16)18-10-8-17-9-11-18/h4-7,15,17H,8-12H2,1-3H3/t15-/m0/s1. The summed E-state index contributed by atoms with van der Waals surface area (Å²) in [6.45, 7) is 9.82. The van der Waals surface area contributed by atoms with E-state index in [4.69, 9.17) is 4.43 Å². The third-order valence-electron chi connectivity index (χ3n) is 3.43. The Morgan fingerprint density at radius 1 is 1.20 bits per heavy atom. The van der Waals surface area contributed by atoms with Gasteiger partial charge in [-0.15, -0.1) is 0 Å². The Balaban J connectivity index is 2.06. The molecule has 0 saturated carbocycles. The number of piperazine rings is 1. The summed E-state index contributed by atoms with van der Waals surface area (Å²) in [6, 6.07) is 7.82. The predicted octanol–water partition coefficient (Wildman–Crippen LogP) is 2.82. The minimum Gasteiger partial charge on any atom is -0.544 e. The second kappa shape index (κ2) is 6.69. The van der Waals surface area contributed by atoms with Gasteiger partial charge in [-0.1, -0.05) is 12.1 Å². The van der Waals surface area contributed by atoms with Gasteiger partial charge < -0.3 is 9.74 Å². The summed E-state index contributed by atoms with van der Waals surface area (Å²) in [6.07, 6.45) is 0. The number of halogens is 1. The van der Waals surface area contributed by atoms with Crippen LogP contribution in [0.4, 0.5) is 4.39 Å². The molecule has 3 nitrogen and oxygen atoms in total. The van der Waals surface area contributed by atoms with Crippen LogP contribution in [-0.2, 0) is 0 Å². The van der Waals surface area contributed by atoms with Gasteiger partial charge >= 0.3 is 0 Å². The Kier molecular flexibility index (Phi) is 5.18. The van der Waals surface area contributed by atoms with Crippen LogP contribution in [0, 0.1) is 0 Å². The fraction of sp³-hybridized carbons (Fsp3) is 0.600. The lowest BCUT2D eigenvalue weighted by atomic mass is 10.1. The molecule has 0 aliphatic carbocycles. The van der Waals surface area contributed by atoms with E-state index in [0.29, 0.717) is 0 Å². The molecule has 2 rings (SSSR count). The van der Waals surface area contributed by atoms with E-state index in [1.165, 1.54) is 0 Å². The molecular formula is C15H25FN2OSi. The molecule has 0 bridgehead atoms. The predicted molar refractivity (Wildman–Crippen MR) is 83.6 cm³/mol. The van der Waals surface area contributed by atoms with E-state index in [2.05, 4.69) is 29.9 Å². The number of hydrogen-bond acceptors (Lipinski definition) is 3. The summed E-state index contributed by atoms with van der Waals surface area (Å²) in [5, 5.41) is 3.30. The van der Waals surface area contributed by atoms with E-state index in [1.54, 1.807) is 0 Å². The van der Waals surface area contributed by atoms with Crippen molar-refractivity contribution >= 4 is 8.32 Å². The molecule has 1 heterocycles. The monoisotopic (exact) mass is 296 g/mol. The van der Waals surface area contributed by atoms with Crippen LogP contribution in [0.15, 0.2) is 24.3 Å². The van der Waals surface area contributed by atoms with Crippen molar-refractivity contribution in [2.45, 2.75) is 25.7 Å². The van der Waals surface area contributed by atoms with Gasteiger partial charge in [-0.2, -0.15) is 0 Å². The molecule has 1 atom stereocenters. The molecular weight excluding hydrogens is 271 g/mol. The fourth-order valence-corrected chi connectivity index (χ4v) is 3.35. The topological polar surface area (TPSA) is 24.5 Å². The largest absolute Gasteiger partial charge is 0.544 e. The smallest absolute Gasteiger partial charge is 0.242 e. The highest BCUT2D eigenvalue weighted by Gasteiger charge is 2.22. The first kappa shape index (κ1) is 15.5. The summed E-state index contributed by atoms with van der Waals surface area (Å²) in [5.41, 5.74) is 1.04. The van der Waals surface area contributed by atoms with Crippen molar-refractivity contribution in [1.29, 1.82) is 0 Å². The van der Waals surface area contributed by atoms with Crippen molar-refractivity contribution < 1.29 is 8.82 Å². The first-order valence-electron chi connectivity index (χ1n) is 7.29. The van der Waals surface area contributed by atoms with Gasteiger partial charge in [0.25, 0.3) is 0 Å². The van der Waals surface area contributed by atoms with E-state index in [9.17, 15) is 4.39 Å². The highest BCUT2D eigenvalue weighted by molar-refractivity contribution is 6.70. The van der Waals surface area contributed by atoms with Gasteiger partial charge in [0.1, 0.15) is 12.4 Å². The number of rotatable bonds is 5.